The number of anilines is 1. The van der Waals surface area contributed by atoms with Gasteiger partial charge in [-0.1, -0.05) is 32.9 Å². The first kappa shape index (κ1) is 17.8. The molecule has 1 heterocycles. The minimum Gasteiger partial charge on any atom is -0.493 e. The molecule has 4 nitrogen and oxygen atoms in total. The van der Waals surface area contributed by atoms with Gasteiger partial charge in [0.15, 0.2) is 11.5 Å². The fraction of sp³-hybridized carbons (Fsp3) is 0.350. The first-order valence-corrected chi connectivity index (χ1v) is 8.93. The van der Waals surface area contributed by atoms with E-state index in [4.69, 9.17) is 9.47 Å². The smallest absolute Gasteiger partial charge is 0.259 e. The largest absolute Gasteiger partial charge is 0.493 e. The topological polar surface area (TPSA) is 38.8 Å². The molecule has 132 valence electrons. The minimum atomic E-state index is -0.0276. The van der Waals surface area contributed by atoms with Crippen LogP contribution in [0.15, 0.2) is 34.8 Å². The number of carbonyl (C=O) groups excluding carboxylic acids is 1. The lowest BCUT2D eigenvalue weighted by Crippen LogP contribution is -2.23. The van der Waals surface area contributed by atoms with Crippen LogP contribution in [0.2, 0.25) is 0 Å². The second-order valence-corrected chi connectivity index (χ2v) is 7.93. The fourth-order valence-electron chi connectivity index (χ4n) is 3.06. The van der Waals surface area contributed by atoms with Gasteiger partial charge in [0.25, 0.3) is 5.91 Å². The lowest BCUT2D eigenvalue weighted by atomic mass is 9.87. The number of fused-ring (bicyclic) bond motifs is 1. The van der Waals surface area contributed by atoms with Crippen LogP contribution in [0.5, 0.6) is 11.5 Å². The average molecular weight is 404 g/mol. The van der Waals surface area contributed by atoms with Crippen LogP contribution in [-0.2, 0) is 12.0 Å². The molecule has 0 aromatic heterocycles. The van der Waals surface area contributed by atoms with E-state index in [1.807, 2.05) is 12.1 Å². The Labute approximate surface area is 156 Å². The molecule has 0 aliphatic carbocycles. The molecule has 0 N–H and O–H groups in total. The summed E-state index contributed by atoms with van der Waals surface area (Å²) in [6, 6.07) is 9.94. The molecule has 0 saturated heterocycles. The Kier molecular flexibility index (Phi) is 4.54. The molecule has 5 heteroatoms. The monoisotopic (exact) mass is 403 g/mol. The predicted octanol–water partition coefficient (Wildman–Crippen LogP) is 4.92. The lowest BCUT2D eigenvalue weighted by Gasteiger charge is -2.21. The number of halogens is 1. The standard InChI is InChI=1S/C20H22BrNO3/c1-20(2,3)12-6-8-13(9-7-12)22-11-15-14(19(22)23)10-16(24-4)18(25-5)17(15)21/h6-10H,11H2,1-5H3. The van der Waals surface area contributed by atoms with Gasteiger partial charge in [0.2, 0.25) is 0 Å². The number of benzene rings is 2. The van der Waals surface area contributed by atoms with Crippen molar-refractivity contribution in [1.29, 1.82) is 0 Å². The molecule has 2 aromatic rings. The summed E-state index contributed by atoms with van der Waals surface area (Å²) in [5.41, 5.74) is 3.77. The highest BCUT2D eigenvalue weighted by Crippen LogP contribution is 2.44. The summed E-state index contributed by atoms with van der Waals surface area (Å²) in [6.45, 7) is 7.03. The van der Waals surface area contributed by atoms with Crippen molar-refractivity contribution < 1.29 is 14.3 Å². The number of hydrogen-bond acceptors (Lipinski definition) is 3. The number of amides is 1. The van der Waals surface area contributed by atoms with E-state index in [1.54, 1.807) is 25.2 Å². The van der Waals surface area contributed by atoms with Crippen molar-refractivity contribution in [2.45, 2.75) is 32.7 Å². The summed E-state index contributed by atoms with van der Waals surface area (Å²) in [7, 11) is 3.16. The highest BCUT2D eigenvalue weighted by Gasteiger charge is 2.33. The quantitative estimate of drug-likeness (QED) is 0.729. The molecule has 0 spiro atoms. The van der Waals surface area contributed by atoms with Crippen LogP contribution in [0, 0.1) is 0 Å². The maximum absolute atomic E-state index is 12.9. The summed E-state index contributed by atoms with van der Waals surface area (Å²) in [6.07, 6.45) is 0. The Hall–Kier alpha value is -2.01. The SMILES string of the molecule is COc1cc2c(c(Br)c1OC)CN(c1ccc(C(C)(C)C)cc1)C2=O. The lowest BCUT2D eigenvalue weighted by molar-refractivity contribution is 0.0996. The van der Waals surface area contributed by atoms with E-state index in [9.17, 15) is 4.79 Å². The maximum Gasteiger partial charge on any atom is 0.259 e. The van der Waals surface area contributed by atoms with Gasteiger partial charge >= 0.3 is 0 Å². The van der Waals surface area contributed by atoms with Gasteiger partial charge in [-0.2, -0.15) is 0 Å². The maximum atomic E-state index is 12.9. The van der Waals surface area contributed by atoms with Crippen molar-refractivity contribution in [2.24, 2.45) is 0 Å². The van der Waals surface area contributed by atoms with E-state index < -0.39 is 0 Å². The van der Waals surface area contributed by atoms with Crippen LogP contribution in [0.25, 0.3) is 0 Å². The van der Waals surface area contributed by atoms with Gasteiger partial charge in [-0.3, -0.25) is 4.79 Å². The predicted molar refractivity (Wildman–Crippen MR) is 103 cm³/mol. The van der Waals surface area contributed by atoms with E-state index in [1.165, 1.54) is 5.56 Å². The minimum absolute atomic E-state index is 0.0276. The van der Waals surface area contributed by atoms with E-state index >= 15 is 0 Å². The zero-order chi connectivity index (χ0) is 18.4. The normalized spacial score (nSPS) is 13.8. The Morgan fingerprint density at radius 2 is 1.72 bits per heavy atom. The van der Waals surface area contributed by atoms with Gasteiger partial charge in [-0.25, -0.2) is 0 Å². The molecule has 1 aliphatic heterocycles. The highest BCUT2D eigenvalue weighted by molar-refractivity contribution is 9.10. The Bertz CT molecular complexity index is 822. The molecular formula is C20H22BrNO3. The number of methoxy groups -OCH3 is 2. The number of nitrogens with zero attached hydrogens (tertiary/aromatic N) is 1. The molecular weight excluding hydrogens is 382 g/mol. The fourth-order valence-corrected chi connectivity index (χ4v) is 3.76. The second-order valence-electron chi connectivity index (χ2n) is 7.14. The second kappa shape index (κ2) is 6.37. The molecule has 1 aliphatic rings. The van der Waals surface area contributed by atoms with Crippen molar-refractivity contribution in [2.75, 3.05) is 19.1 Å². The van der Waals surface area contributed by atoms with Gasteiger partial charge in [0, 0.05) is 16.8 Å². The van der Waals surface area contributed by atoms with Crippen molar-refractivity contribution in [3.8, 4) is 11.5 Å². The van der Waals surface area contributed by atoms with Crippen LogP contribution in [-0.4, -0.2) is 20.1 Å². The molecule has 0 atom stereocenters. The number of carbonyl (C=O) groups is 1. The Morgan fingerprint density at radius 1 is 1.08 bits per heavy atom. The number of ether oxygens (including phenoxy) is 2. The molecule has 0 fully saturated rings. The molecule has 0 unspecified atom stereocenters. The average Bonchev–Trinajstić information content (AvgIpc) is 2.91. The third-order valence-corrected chi connectivity index (χ3v) is 5.39. The molecule has 1 amide bonds. The number of rotatable bonds is 3. The number of hydrogen-bond donors (Lipinski definition) is 0. The van der Waals surface area contributed by atoms with Crippen molar-refractivity contribution in [3.63, 3.8) is 0 Å². The van der Waals surface area contributed by atoms with Gasteiger partial charge < -0.3 is 14.4 Å². The Balaban J connectivity index is 1.99. The molecule has 0 radical (unpaired) electrons. The van der Waals surface area contributed by atoms with Crippen molar-refractivity contribution >= 4 is 27.5 Å². The van der Waals surface area contributed by atoms with Crippen LogP contribution >= 0.6 is 15.9 Å². The van der Waals surface area contributed by atoms with Gasteiger partial charge in [0.1, 0.15) is 0 Å². The first-order chi connectivity index (χ1) is 11.8. The van der Waals surface area contributed by atoms with Crippen molar-refractivity contribution in [1.82, 2.24) is 0 Å². The Morgan fingerprint density at radius 3 is 2.24 bits per heavy atom. The van der Waals surface area contributed by atoms with E-state index in [0.717, 1.165) is 15.7 Å². The molecule has 0 bridgehead atoms. The third-order valence-electron chi connectivity index (χ3n) is 4.55. The molecule has 2 aromatic carbocycles. The zero-order valence-corrected chi connectivity index (χ0v) is 16.7. The molecule has 3 rings (SSSR count). The summed E-state index contributed by atoms with van der Waals surface area (Å²) in [4.78, 5) is 14.7. The summed E-state index contributed by atoms with van der Waals surface area (Å²) < 4.78 is 11.5. The molecule has 0 saturated carbocycles. The summed E-state index contributed by atoms with van der Waals surface area (Å²) in [5.74, 6) is 1.13. The molecule has 25 heavy (non-hydrogen) atoms. The third kappa shape index (κ3) is 3.01. The summed E-state index contributed by atoms with van der Waals surface area (Å²) in [5, 5.41) is 0. The van der Waals surface area contributed by atoms with Gasteiger partial charge in [-0.15, -0.1) is 0 Å². The van der Waals surface area contributed by atoms with E-state index in [0.29, 0.717) is 23.6 Å². The zero-order valence-electron chi connectivity index (χ0n) is 15.1. The van der Waals surface area contributed by atoms with Crippen LogP contribution in [0.4, 0.5) is 5.69 Å². The van der Waals surface area contributed by atoms with E-state index in [-0.39, 0.29) is 11.3 Å². The van der Waals surface area contributed by atoms with E-state index in [2.05, 4.69) is 48.8 Å². The highest BCUT2D eigenvalue weighted by atomic mass is 79.9. The van der Waals surface area contributed by atoms with Crippen molar-refractivity contribution in [3.05, 3.63) is 51.5 Å². The van der Waals surface area contributed by atoms with Crippen LogP contribution < -0.4 is 14.4 Å². The van der Waals surface area contributed by atoms with Gasteiger partial charge in [0.05, 0.1) is 25.2 Å². The van der Waals surface area contributed by atoms with Crippen LogP contribution in [0.3, 0.4) is 0 Å². The summed E-state index contributed by atoms with van der Waals surface area (Å²) >= 11 is 3.57. The first-order valence-electron chi connectivity index (χ1n) is 8.13. The van der Waals surface area contributed by atoms with Gasteiger partial charge in [-0.05, 0) is 45.1 Å². The van der Waals surface area contributed by atoms with Crippen LogP contribution in [0.1, 0.15) is 42.3 Å².